The van der Waals surface area contributed by atoms with Crippen LogP contribution in [0.15, 0.2) is 54.9 Å². The van der Waals surface area contributed by atoms with Gasteiger partial charge in [0.05, 0.1) is 31.6 Å². The Hall–Kier alpha value is -3.45. The van der Waals surface area contributed by atoms with Crippen molar-refractivity contribution in [3.8, 4) is 28.3 Å². The fraction of sp³-hybridized carbons (Fsp3) is 0.227. The zero-order valence-electron chi connectivity index (χ0n) is 16.1. The van der Waals surface area contributed by atoms with Gasteiger partial charge in [0.1, 0.15) is 0 Å². The van der Waals surface area contributed by atoms with Gasteiger partial charge in [0.2, 0.25) is 5.88 Å². The number of rotatable bonds is 4. The van der Waals surface area contributed by atoms with Crippen LogP contribution >= 0.6 is 0 Å². The highest BCUT2D eigenvalue weighted by Crippen LogP contribution is 2.33. The SMILES string of the molecule is COc1ncccc1-c1[nH]nc2ncc(-c3cccc(N4CCOCC4)c3)cc12. The molecule has 1 saturated heterocycles. The van der Waals surface area contributed by atoms with E-state index in [1.165, 1.54) is 5.69 Å². The lowest BCUT2D eigenvalue weighted by Crippen LogP contribution is -2.36. The molecule has 0 spiro atoms. The number of aromatic amines is 1. The number of methoxy groups -OCH3 is 1. The number of nitrogens with zero attached hydrogens (tertiary/aromatic N) is 4. The quantitative estimate of drug-likeness (QED) is 0.577. The van der Waals surface area contributed by atoms with Crippen molar-refractivity contribution >= 4 is 16.7 Å². The Morgan fingerprint density at radius 3 is 2.79 bits per heavy atom. The maximum absolute atomic E-state index is 5.47. The van der Waals surface area contributed by atoms with E-state index < -0.39 is 0 Å². The van der Waals surface area contributed by atoms with Gasteiger partial charge in [0.15, 0.2) is 5.65 Å². The number of anilines is 1. The molecule has 7 heteroatoms. The summed E-state index contributed by atoms with van der Waals surface area (Å²) in [6.45, 7) is 3.35. The van der Waals surface area contributed by atoms with Crippen LogP contribution < -0.4 is 9.64 Å². The predicted octanol–water partition coefficient (Wildman–Crippen LogP) is 3.53. The van der Waals surface area contributed by atoms with Crippen molar-refractivity contribution in [1.29, 1.82) is 0 Å². The van der Waals surface area contributed by atoms with Crippen LogP contribution in [0.3, 0.4) is 0 Å². The third kappa shape index (κ3) is 3.30. The Kier molecular flexibility index (Phi) is 4.57. The van der Waals surface area contributed by atoms with E-state index in [1.807, 2.05) is 18.3 Å². The molecule has 0 bridgehead atoms. The topological polar surface area (TPSA) is 76.2 Å². The van der Waals surface area contributed by atoms with Crippen molar-refractivity contribution in [3.63, 3.8) is 0 Å². The molecule has 1 aliphatic heterocycles. The summed E-state index contributed by atoms with van der Waals surface area (Å²) in [6.07, 6.45) is 3.58. The Labute approximate surface area is 168 Å². The Bertz CT molecular complexity index is 1150. The molecule has 146 valence electrons. The number of benzene rings is 1. The van der Waals surface area contributed by atoms with Gasteiger partial charge in [-0.1, -0.05) is 12.1 Å². The second-order valence-electron chi connectivity index (χ2n) is 6.90. The molecule has 4 aromatic rings. The smallest absolute Gasteiger partial charge is 0.222 e. The average Bonchev–Trinajstić information content (AvgIpc) is 3.23. The van der Waals surface area contributed by atoms with Crippen LogP contribution in [0.5, 0.6) is 5.88 Å². The zero-order valence-corrected chi connectivity index (χ0v) is 16.1. The van der Waals surface area contributed by atoms with Gasteiger partial charge in [-0.15, -0.1) is 0 Å². The highest BCUT2D eigenvalue weighted by molar-refractivity contribution is 5.94. The molecule has 1 aromatic carbocycles. The lowest BCUT2D eigenvalue weighted by atomic mass is 10.0. The molecule has 1 N–H and O–H groups in total. The normalized spacial score (nSPS) is 14.3. The number of aromatic nitrogens is 4. The summed E-state index contributed by atoms with van der Waals surface area (Å²) < 4.78 is 10.9. The van der Waals surface area contributed by atoms with E-state index in [2.05, 4.69) is 55.4 Å². The molecule has 1 fully saturated rings. The first-order valence-corrected chi connectivity index (χ1v) is 9.60. The molecule has 4 heterocycles. The second-order valence-corrected chi connectivity index (χ2v) is 6.90. The summed E-state index contributed by atoms with van der Waals surface area (Å²) in [5.41, 5.74) is 5.74. The van der Waals surface area contributed by atoms with Crippen molar-refractivity contribution in [2.45, 2.75) is 0 Å². The minimum atomic E-state index is 0.553. The first kappa shape index (κ1) is 17.6. The minimum absolute atomic E-state index is 0.553. The summed E-state index contributed by atoms with van der Waals surface area (Å²) in [4.78, 5) is 11.2. The maximum atomic E-state index is 5.47. The number of morpholine rings is 1. The summed E-state index contributed by atoms with van der Waals surface area (Å²) in [5, 5.41) is 8.38. The molecule has 7 nitrogen and oxygen atoms in total. The van der Waals surface area contributed by atoms with E-state index in [4.69, 9.17) is 9.47 Å². The molecule has 0 aliphatic carbocycles. The Balaban J connectivity index is 1.57. The number of ether oxygens (including phenoxy) is 2. The summed E-state index contributed by atoms with van der Waals surface area (Å²) in [6, 6.07) is 14.5. The Morgan fingerprint density at radius 1 is 1.03 bits per heavy atom. The van der Waals surface area contributed by atoms with Gasteiger partial charge in [-0.05, 0) is 35.9 Å². The number of nitrogens with one attached hydrogen (secondary N) is 1. The Morgan fingerprint density at radius 2 is 1.93 bits per heavy atom. The summed E-state index contributed by atoms with van der Waals surface area (Å²) >= 11 is 0. The van der Waals surface area contributed by atoms with Crippen LogP contribution in [0.4, 0.5) is 5.69 Å². The van der Waals surface area contributed by atoms with E-state index >= 15 is 0 Å². The van der Waals surface area contributed by atoms with Gasteiger partial charge in [-0.25, -0.2) is 9.97 Å². The fourth-order valence-corrected chi connectivity index (χ4v) is 3.71. The molecule has 0 saturated carbocycles. The first-order chi connectivity index (χ1) is 14.3. The number of pyridine rings is 2. The molecule has 0 unspecified atom stereocenters. The third-order valence-electron chi connectivity index (χ3n) is 5.20. The third-order valence-corrected chi connectivity index (χ3v) is 5.20. The number of hydrogen-bond acceptors (Lipinski definition) is 6. The van der Waals surface area contributed by atoms with E-state index in [1.54, 1.807) is 13.3 Å². The van der Waals surface area contributed by atoms with Crippen LogP contribution in [0.25, 0.3) is 33.4 Å². The molecule has 0 amide bonds. The van der Waals surface area contributed by atoms with Gasteiger partial charge in [0, 0.05) is 42.1 Å². The largest absolute Gasteiger partial charge is 0.481 e. The van der Waals surface area contributed by atoms with Crippen LogP contribution in [0, 0.1) is 0 Å². The van der Waals surface area contributed by atoms with Crippen LogP contribution in [0.2, 0.25) is 0 Å². The first-order valence-electron chi connectivity index (χ1n) is 9.60. The average molecular weight is 387 g/mol. The number of fused-ring (bicyclic) bond motifs is 1. The van der Waals surface area contributed by atoms with Gasteiger partial charge < -0.3 is 14.4 Å². The molecule has 0 atom stereocenters. The zero-order chi connectivity index (χ0) is 19.6. The van der Waals surface area contributed by atoms with Crippen molar-refractivity contribution in [2.75, 3.05) is 38.3 Å². The lowest BCUT2D eigenvalue weighted by molar-refractivity contribution is 0.122. The monoisotopic (exact) mass is 387 g/mol. The molecular formula is C22H21N5O2. The second kappa shape index (κ2) is 7.52. The molecule has 1 aliphatic rings. The van der Waals surface area contributed by atoms with E-state index in [-0.39, 0.29) is 0 Å². The molecule has 5 rings (SSSR count). The van der Waals surface area contributed by atoms with Gasteiger partial charge in [-0.3, -0.25) is 5.10 Å². The van der Waals surface area contributed by atoms with E-state index in [0.717, 1.165) is 54.1 Å². The van der Waals surface area contributed by atoms with Crippen LogP contribution in [-0.2, 0) is 4.74 Å². The van der Waals surface area contributed by atoms with Gasteiger partial charge in [0.25, 0.3) is 0 Å². The highest BCUT2D eigenvalue weighted by Gasteiger charge is 2.16. The summed E-state index contributed by atoms with van der Waals surface area (Å²) in [7, 11) is 1.62. The number of H-pyrrole nitrogens is 1. The predicted molar refractivity (Wildman–Crippen MR) is 112 cm³/mol. The number of hydrogen-bond donors (Lipinski definition) is 1. The lowest BCUT2D eigenvalue weighted by Gasteiger charge is -2.29. The van der Waals surface area contributed by atoms with Gasteiger partial charge >= 0.3 is 0 Å². The minimum Gasteiger partial charge on any atom is -0.481 e. The van der Waals surface area contributed by atoms with Crippen LogP contribution in [-0.4, -0.2) is 53.6 Å². The van der Waals surface area contributed by atoms with Crippen molar-refractivity contribution in [1.82, 2.24) is 20.2 Å². The molecular weight excluding hydrogens is 366 g/mol. The van der Waals surface area contributed by atoms with Crippen molar-refractivity contribution < 1.29 is 9.47 Å². The van der Waals surface area contributed by atoms with Crippen LogP contribution in [0.1, 0.15) is 0 Å². The molecule has 29 heavy (non-hydrogen) atoms. The maximum Gasteiger partial charge on any atom is 0.222 e. The standard InChI is InChI=1S/C22H21N5O2/c1-28-22-18(6-3-7-23-22)20-19-13-16(14-24-21(19)26-25-20)15-4-2-5-17(12-15)27-8-10-29-11-9-27/h2-7,12-14H,8-11H2,1H3,(H,24,25,26). The van der Waals surface area contributed by atoms with Crippen molar-refractivity contribution in [2.24, 2.45) is 0 Å². The molecule has 0 radical (unpaired) electrons. The highest BCUT2D eigenvalue weighted by atomic mass is 16.5. The van der Waals surface area contributed by atoms with Gasteiger partial charge in [-0.2, -0.15) is 5.10 Å². The van der Waals surface area contributed by atoms with E-state index in [9.17, 15) is 0 Å². The van der Waals surface area contributed by atoms with Crippen molar-refractivity contribution in [3.05, 3.63) is 54.9 Å². The van der Waals surface area contributed by atoms with E-state index in [0.29, 0.717) is 11.5 Å². The fourth-order valence-electron chi connectivity index (χ4n) is 3.71. The summed E-state index contributed by atoms with van der Waals surface area (Å²) in [5.74, 6) is 0.553. The molecule has 3 aromatic heterocycles.